The fraction of sp³-hybridized carbons (Fsp3) is 0.400. The Kier molecular flexibility index (Phi) is 7.57. The maximum atomic E-state index is 12.9. The predicted octanol–water partition coefficient (Wildman–Crippen LogP) is 2.25. The van der Waals surface area contributed by atoms with Crippen LogP contribution in [-0.4, -0.2) is 43.7 Å². The molecular weight excluding hydrogens is 429 g/mol. The number of carbonyl (C=O) groups is 2. The Balaban J connectivity index is 1.48. The number of halogens is 1. The Morgan fingerprint density at radius 2 is 1.83 bits per heavy atom. The summed E-state index contributed by atoms with van der Waals surface area (Å²) in [5.41, 5.74) is 0.675. The van der Waals surface area contributed by atoms with Crippen LogP contribution in [0.15, 0.2) is 46.0 Å². The number of piperidine rings is 1. The minimum Gasteiger partial charge on any atom is -0.348 e. The third-order valence-electron chi connectivity index (χ3n) is 4.97. The average Bonchev–Trinajstić information content (AvgIpc) is 3.29. The van der Waals surface area contributed by atoms with Gasteiger partial charge in [0.2, 0.25) is 0 Å². The highest BCUT2D eigenvalue weighted by Gasteiger charge is 2.33. The van der Waals surface area contributed by atoms with Crippen LogP contribution in [0.5, 0.6) is 0 Å². The third-order valence-corrected chi connectivity index (χ3v) is 8.29. The first kappa shape index (κ1) is 22.4. The monoisotopic (exact) mass is 453 g/mol. The summed E-state index contributed by atoms with van der Waals surface area (Å²) in [5, 5.41) is 6.76. The molecule has 3 rings (SSSR count). The molecule has 1 fully saturated rings. The van der Waals surface area contributed by atoms with Crippen LogP contribution in [0.1, 0.15) is 31.2 Å². The molecule has 30 heavy (non-hydrogen) atoms. The van der Waals surface area contributed by atoms with Gasteiger partial charge >= 0.3 is 11.8 Å². The molecule has 1 aliphatic heterocycles. The van der Waals surface area contributed by atoms with E-state index in [4.69, 9.17) is 0 Å². The number of thiophene rings is 1. The van der Waals surface area contributed by atoms with E-state index in [1.165, 1.54) is 39.9 Å². The summed E-state index contributed by atoms with van der Waals surface area (Å²) in [6.07, 6.45) is 2.88. The molecule has 1 aromatic carbocycles. The molecule has 0 radical (unpaired) electrons. The molecule has 7 nitrogen and oxygen atoms in total. The van der Waals surface area contributed by atoms with Gasteiger partial charge in [-0.2, -0.15) is 4.31 Å². The molecule has 0 saturated carbocycles. The average molecular weight is 454 g/mol. The molecule has 0 aliphatic carbocycles. The number of rotatable bonds is 7. The molecule has 0 spiro atoms. The van der Waals surface area contributed by atoms with Crippen LogP contribution in [-0.2, 0) is 26.2 Å². The number of nitrogens with one attached hydrogen (secondary N) is 2. The molecule has 1 saturated heterocycles. The van der Waals surface area contributed by atoms with E-state index in [-0.39, 0.29) is 24.9 Å². The van der Waals surface area contributed by atoms with E-state index >= 15 is 0 Å². The first-order valence-electron chi connectivity index (χ1n) is 9.74. The van der Waals surface area contributed by atoms with Crippen LogP contribution in [0, 0.1) is 5.82 Å². The molecule has 2 heterocycles. The molecule has 2 N–H and O–H groups in total. The summed E-state index contributed by atoms with van der Waals surface area (Å²) in [5.74, 6) is -1.94. The highest BCUT2D eigenvalue weighted by molar-refractivity contribution is 7.91. The number of hydrogen-bond donors (Lipinski definition) is 2. The highest BCUT2D eigenvalue weighted by atomic mass is 32.2. The zero-order chi connectivity index (χ0) is 21.6. The van der Waals surface area contributed by atoms with Crippen molar-refractivity contribution in [2.24, 2.45) is 0 Å². The van der Waals surface area contributed by atoms with Crippen LogP contribution in [0.2, 0.25) is 0 Å². The smallest absolute Gasteiger partial charge is 0.309 e. The van der Waals surface area contributed by atoms with Crippen LogP contribution in [0.25, 0.3) is 0 Å². The summed E-state index contributed by atoms with van der Waals surface area (Å²) < 4.78 is 40.5. The number of carbonyl (C=O) groups excluding carboxylic acids is 2. The van der Waals surface area contributed by atoms with Crippen molar-refractivity contribution in [3.8, 4) is 0 Å². The van der Waals surface area contributed by atoms with Crippen molar-refractivity contribution in [1.29, 1.82) is 0 Å². The highest BCUT2D eigenvalue weighted by Crippen LogP contribution is 2.28. The van der Waals surface area contributed by atoms with Gasteiger partial charge in [-0.05, 0) is 48.4 Å². The summed E-state index contributed by atoms with van der Waals surface area (Å²) >= 11 is 1.19. The minimum atomic E-state index is -3.54. The lowest BCUT2D eigenvalue weighted by Crippen LogP contribution is -2.46. The number of benzene rings is 1. The maximum absolute atomic E-state index is 12.9. The van der Waals surface area contributed by atoms with E-state index < -0.39 is 21.8 Å². The number of sulfonamides is 1. The van der Waals surface area contributed by atoms with Gasteiger partial charge in [-0.25, -0.2) is 12.8 Å². The topological polar surface area (TPSA) is 95.6 Å². The van der Waals surface area contributed by atoms with Gasteiger partial charge in [-0.3, -0.25) is 9.59 Å². The Labute approximate surface area is 179 Å². The van der Waals surface area contributed by atoms with E-state index in [0.29, 0.717) is 22.7 Å². The Bertz CT molecular complexity index is 962. The predicted molar refractivity (Wildman–Crippen MR) is 112 cm³/mol. The van der Waals surface area contributed by atoms with Crippen molar-refractivity contribution in [1.82, 2.24) is 14.9 Å². The SMILES string of the molecule is O=C(NCC[C@@H]1CCCCN1S(=O)(=O)c1cccs1)C(=O)NCc1ccc(F)cc1. The second-order valence-corrected chi connectivity index (χ2v) is 10.1. The van der Waals surface area contributed by atoms with E-state index in [1.54, 1.807) is 17.5 Å². The summed E-state index contributed by atoms with van der Waals surface area (Å²) in [7, 11) is -3.54. The molecule has 162 valence electrons. The van der Waals surface area contributed by atoms with Crippen molar-refractivity contribution >= 4 is 33.2 Å². The molecular formula is C20H24FN3O4S2. The summed E-state index contributed by atoms with van der Waals surface area (Å²) in [6.45, 7) is 0.767. The van der Waals surface area contributed by atoms with Crippen LogP contribution in [0.4, 0.5) is 4.39 Å². The molecule has 0 bridgehead atoms. The molecule has 1 aliphatic rings. The van der Waals surface area contributed by atoms with Crippen molar-refractivity contribution in [3.63, 3.8) is 0 Å². The Morgan fingerprint density at radius 3 is 2.53 bits per heavy atom. The quantitative estimate of drug-likeness (QED) is 0.629. The zero-order valence-electron chi connectivity index (χ0n) is 16.3. The second-order valence-electron chi connectivity index (χ2n) is 7.05. The minimum absolute atomic E-state index is 0.113. The fourth-order valence-corrected chi connectivity index (χ4v) is 6.25. The van der Waals surface area contributed by atoms with Crippen LogP contribution < -0.4 is 10.6 Å². The van der Waals surface area contributed by atoms with E-state index in [9.17, 15) is 22.4 Å². The van der Waals surface area contributed by atoms with Crippen LogP contribution >= 0.6 is 11.3 Å². The maximum Gasteiger partial charge on any atom is 0.309 e. The van der Waals surface area contributed by atoms with E-state index in [0.717, 1.165) is 19.3 Å². The number of amides is 2. The van der Waals surface area contributed by atoms with Crippen molar-refractivity contribution in [2.45, 2.75) is 42.5 Å². The van der Waals surface area contributed by atoms with Gasteiger partial charge in [0.05, 0.1) is 0 Å². The largest absolute Gasteiger partial charge is 0.348 e. The lowest BCUT2D eigenvalue weighted by atomic mass is 10.0. The molecule has 2 aromatic rings. The standard InChI is InChI=1S/C20H24FN3O4S2/c21-16-8-6-15(7-9-16)14-23-20(26)19(25)22-11-10-17-4-1-2-12-24(17)30(27,28)18-5-3-13-29-18/h3,5-9,13,17H,1-2,4,10-12,14H2,(H,22,25)(H,23,26)/t17-/m0/s1. The van der Waals surface area contributed by atoms with Crippen molar-refractivity contribution in [2.75, 3.05) is 13.1 Å². The van der Waals surface area contributed by atoms with Crippen molar-refractivity contribution in [3.05, 3.63) is 53.2 Å². The Morgan fingerprint density at radius 1 is 1.10 bits per heavy atom. The molecule has 1 aromatic heterocycles. The first-order chi connectivity index (χ1) is 14.4. The van der Waals surface area contributed by atoms with Gasteiger partial charge in [0, 0.05) is 25.7 Å². The fourth-order valence-electron chi connectivity index (χ4n) is 3.40. The molecule has 10 heteroatoms. The van der Waals surface area contributed by atoms with Gasteiger partial charge in [0.15, 0.2) is 0 Å². The van der Waals surface area contributed by atoms with Gasteiger partial charge in [-0.15, -0.1) is 11.3 Å². The lowest BCUT2D eigenvalue weighted by Gasteiger charge is -2.34. The number of hydrogen-bond acceptors (Lipinski definition) is 5. The molecule has 2 amide bonds. The first-order valence-corrected chi connectivity index (χ1v) is 12.1. The van der Waals surface area contributed by atoms with Gasteiger partial charge in [0.1, 0.15) is 10.0 Å². The van der Waals surface area contributed by atoms with Crippen LogP contribution in [0.3, 0.4) is 0 Å². The molecule has 1 atom stereocenters. The van der Waals surface area contributed by atoms with Gasteiger partial charge < -0.3 is 10.6 Å². The van der Waals surface area contributed by atoms with Gasteiger partial charge in [0.25, 0.3) is 10.0 Å². The zero-order valence-corrected chi connectivity index (χ0v) is 18.0. The summed E-state index contributed by atoms with van der Waals surface area (Å²) in [6, 6.07) is 8.70. The van der Waals surface area contributed by atoms with Gasteiger partial charge in [-0.1, -0.05) is 24.6 Å². The Hall–Kier alpha value is -2.30. The summed E-state index contributed by atoms with van der Waals surface area (Å²) in [4.78, 5) is 24.0. The normalized spacial score (nSPS) is 17.4. The molecule has 0 unspecified atom stereocenters. The van der Waals surface area contributed by atoms with Crippen molar-refractivity contribution < 1.29 is 22.4 Å². The van der Waals surface area contributed by atoms with E-state index in [2.05, 4.69) is 10.6 Å². The second kappa shape index (κ2) is 10.1. The van der Waals surface area contributed by atoms with E-state index in [1.807, 2.05) is 0 Å². The third kappa shape index (κ3) is 5.65. The lowest BCUT2D eigenvalue weighted by molar-refractivity contribution is -0.139. The number of nitrogens with zero attached hydrogens (tertiary/aromatic N) is 1.